The molecule has 0 aliphatic carbocycles. The van der Waals surface area contributed by atoms with Gasteiger partial charge in [0, 0.05) is 0 Å². The van der Waals surface area contributed by atoms with Crippen LogP contribution in [-0.2, 0) is 0 Å². The third-order valence-corrected chi connectivity index (χ3v) is 4.02. The minimum atomic E-state index is 0.686. The van der Waals surface area contributed by atoms with Crippen molar-refractivity contribution < 1.29 is 0 Å². The van der Waals surface area contributed by atoms with Crippen LogP contribution in [0, 0.1) is 0 Å². The van der Waals surface area contributed by atoms with Crippen molar-refractivity contribution in [1.29, 1.82) is 0 Å². The molecule has 1 fully saturated rings. The molecule has 0 bridgehead atoms. The zero-order valence-electron chi connectivity index (χ0n) is 6.33. The Morgan fingerprint density at radius 1 is 1.33 bits per heavy atom. The predicted molar refractivity (Wildman–Crippen MR) is 44.7 cm³/mol. The van der Waals surface area contributed by atoms with Crippen molar-refractivity contribution in [2.24, 2.45) is 0 Å². The Bertz CT molecular complexity index is 86.9. The van der Waals surface area contributed by atoms with Crippen LogP contribution in [0.1, 0.15) is 19.8 Å². The monoisotopic (exact) mass is 145 g/mol. The van der Waals surface area contributed by atoms with E-state index in [4.69, 9.17) is 0 Å². The van der Waals surface area contributed by atoms with Gasteiger partial charge in [-0.05, 0) is 37.8 Å². The maximum Gasteiger partial charge on any atom is -0.00404 e. The minimum Gasteiger partial charge on any atom is -0.317 e. The van der Waals surface area contributed by atoms with Gasteiger partial charge in [-0.3, -0.25) is 0 Å². The molecule has 1 aliphatic heterocycles. The van der Waals surface area contributed by atoms with Gasteiger partial charge in [-0.2, -0.15) is 0 Å². The fraction of sp³-hybridized carbons (Fsp3) is 1.00. The summed E-state index contributed by atoms with van der Waals surface area (Å²) in [6.07, 6.45) is 2.75. The van der Waals surface area contributed by atoms with E-state index in [9.17, 15) is 0 Å². The van der Waals surface area contributed by atoms with Crippen molar-refractivity contribution in [3.63, 3.8) is 0 Å². The zero-order valence-corrected chi connectivity index (χ0v) is 7.33. The highest BCUT2D eigenvalue weighted by Crippen LogP contribution is 2.35. The van der Waals surface area contributed by atoms with E-state index in [0.29, 0.717) is 5.16 Å². The molecule has 0 saturated carbocycles. The van der Waals surface area contributed by atoms with E-state index in [1.165, 1.54) is 25.9 Å². The molecule has 0 aromatic carbocycles. The minimum absolute atomic E-state index is 0.686. The summed E-state index contributed by atoms with van der Waals surface area (Å²) < 4.78 is 0. The number of piperidine rings is 1. The fourth-order valence-corrected chi connectivity index (χ4v) is 1.98. The molecule has 54 valence electrons. The lowest BCUT2D eigenvalue weighted by atomic mass is 10.00. The molecule has 0 amide bonds. The van der Waals surface area contributed by atoms with Crippen molar-refractivity contribution in [3.8, 4) is 0 Å². The summed E-state index contributed by atoms with van der Waals surface area (Å²) in [6.45, 7) is 7.20. The van der Waals surface area contributed by atoms with Gasteiger partial charge in [-0.1, -0.05) is 6.92 Å². The SMILES string of the molecule is CPC1(C)CCNCC1. The van der Waals surface area contributed by atoms with Gasteiger partial charge < -0.3 is 5.32 Å². The lowest BCUT2D eigenvalue weighted by molar-refractivity contribution is 0.435. The highest BCUT2D eigenvalue weighted by Gasteiger charge is 2.23. The van der Waals surface area contributed by atoms with Crippen molar-refractivity contribution in [1.82, 2.24) is 5.32 Å². The quantitative estimate of drug-likeness (QED) is 0.550. The van der Waals surface area contributed by atoms with Crippen LogP contribution in [0.25, 0.3) is 0 Å². The number of rotatable bonds is 1. The maximum atomic E-state index is 3.38. The van der Waals surface area contributed by atoms with E-state index in [1.54, 1.807) is 0 Å². The standard InChI is InChI=1S/C7H16NP/c1-7(9-2)3-5-8-6-4-7/h8-9H,3-6H2,1-2H3. The summed E-state index contributed by atoms with van der Waals surface area (Å²) >= 11 is 0. The normalized spacial score (nSPS) is 27.3. The number of hydrogen-bond acceptors (Lipinski definition) is 1. The van der Waals surface area contributed by atoms with Crippen LogP contribution in [0.2, 0.25) is 0 Å². The predicted octanol–water partition coefficient (Wildman–Crippen LogP) is 1.44. The Balaban J connectivity index is 2.37. The van der Waals surface area contributed by atoms with Crippen molar-refractivity contribution >= 4 is 8.58 Å². The first-order chi connectivity index (χ1) is 4.27. The molecule has 1 rings (SSSR count). The van der Waals surface area contributed by atoms with Crippen LogP contribution in [-0.4, -0.2) is 24.9 Å². The van der Waals surface area contributed by atoms with Gasteiger partial charge in [-0.15, -0.1) is 8.58 Å². The van der Waals surface area contributed by atoms with Gasteiger partial charge in [0.05, 0.1) is 0 Å². The van der Waals surface area contributed by atoms with E-state index in [1.807, 2.05) is 0 Å². The molecule has 2 heteroatoms. The van der Waals surface area contributed by atoms with E-state index in [0.717, 1.165) is 8.58 Å². The molecule has 9 heavy (non-hydrogen) atoms. The summed E-state index contributed by atoms with van der Waals surface area (Å²) in [5.41, 5.74) is 0. The Labute approximate surface area is 59.4 Å². The summed E-state index contributed by atoms with van der Waals surface area (Å²) in [6, 6.07) is 0. The van der Waals surface area contributed by atoms with Gasteiger partial charge in [0.25, 0.3) is 0 Å². The first kappa shape index (κ1) is 7.50. The molecule has 1 unspecified atom stereocenters. The first-order valence-electron chi connectivity index (χ1n) is 3.66. The molecule has 0 aromatic rings. The zero-order chi connectivity index (χ0) is 6.74. The highest BCUT2D eigenvalue weighted by atomic mass is 31.1. The molecule has 1 nitrogen and oxygen atoms in total. The second kappa shape index (κ2) is 2.98. The summed E-state index contributed by atoms with van der Waals surface area (Å²) in [7, 11) is 1.12. The molecular formula is C7H16NP. The lowest BCUT2D eigenvalue weighted by Gasteiger charge is -2.32. The van der Waals surface area contributed by atoms with Gasteiger partial charge in [0.15, 0.2) is 0 Å². The van der Waals surface area contributed by atoms with Crippen LogP contribution in [0.5, 0.6) is 0 Å². The van der Waals surface area contributed by atoms with Crippen molar-refractivity contribution in [3.05, 3.63) is 0 Å². The van der Waals surface area contributed by atoms with Crippen LogP contribution in [0.4, 0.5) is 0 Å². The fourth-order valence-electron chi connectivity index (χ4n) is 1.23. The Kier molecular flexibility index (Phi) is 2.49. The van der Waals surface area contributed by atoms with Crippen molar-refractivity contribution in [2.45, 2.75) is 24.9 Å². The van der Waals surface area contributed by atoms with Gasteiger partial charge in [0.2, 0.25) is 0 Å². The number of hydrogen-bond donors (Lipinski definition) is 1. The van der Waals surface area contributed by atoms with Crippen LogP contribution in [0.15, 0.2) is 0 Å². The highest BCUT2D eigenvalue weighted by molar-refractivity contribution is 7.39. The molecule has 1 atom stereocenters. The van der Waals surface area contributed by atoms with E-state index in [2.05, 4.69) is 18.9 Å². The second-order valence-corrected chi connectivity index (χ2v) is 4.77. The Hall–Kier alpha value is 0.390. The molecule has 0 radical (unpaired) electrons. The molecule has 1 aliphatic rings. The lowest BCUT2D eigenvalue weighted by Crippen LogP contribution is -2.36. The largest absolute Gasteiger partial charge is 0.317 e. The third kappa shape index (κ3) is 1.91. The Morgan fingerprint density at radius 2 is 1.89 bits per heavy atom. The smallest absolute Gasteiger partial charge is 0.00404 e. The van der Waals surface area contributed by atoms with E-state index < -0.39 is 0 Å². The Morgan fingerprint density at radius 3 is 2.22 bits per heavy atom. The average Bonchev–Trinajstić information content (AvgIpc) is 1.90. The van der Waals surface area contributed by atoms with Gasteiger partial charge >= 0.3 is 0 Å². The summed E-state index contributed by atoms with van der Waals surface area (Å²) in [5.74, 6) is 0. The van der Waals surface area contributed by atoms with Crippen LogP contribution in [0.3, 0.4) is 0 Å². The van der Waals surface area contributed by atoms with Gasteiger partial charge in [-0.25, -0.2) is 0 Å². The van der Waals surface area contributed by atoms with E-state index in [-0.39, 0.29) is 0 Å². The van der Waals surface area contributed by atoms with Crippen LogP contribution < -0.4 is 5.32 Å². The maximum absolute atomic E-state index is 3.38. The van der Waals surface area contributed by atoms with Crippen molar-refractivity contribution in [2.75, 3.05) is 19.8 Å². The molecular weight excluding hydrogens is 129 g/mol. The average molecular weight is 145 g/mol. The molecule has 1 heterocycles. The first-order valence-corrected chi connectivity index (χ1v) is 5.16. The summed E-state index contributed by atoms with van der Waals surface area (Å²) in [5, 5.41) is 4.06. The number of nitrogens with one attached hydrogen (secondary N) is 1. The molecule has 1 N–H and O–H groups in total. The second-order valence-electron chi connectivity index (χ2n) is 3.06. The third-order valence-electron chi connectivity index (χ3n) is 2.31. The van der Waals surface area contributed by atoms with E-state index >= 15 is 0 Å². The summed E-state index contributed by atoms with van der Waals surface area (Å²) in [4.78, 5) is 0. The van der Waals surface area contributed by atoms with Gasteiger partial charge in [0.1, 0.15) is 0 Å². The molecule has 1 saturated heterocycles. The van der Waals surface area contributed by atoms with Crippen LogP contribution >= 0.6 is 8.58 Å². The molecule has 0 spiro atoms. The molecule has 0 aromatic heterocycles. The topological polar surface area (TPSA) is 12.0 Å².